The van der Waals surface area contributed by atoms with Crippen LogP contribution in [0.5, 0.6) is 0 Å². The van der Waals surface area contributed by atoms with E-state index < -0.39 is 15.3 Å². The maximum atomic E-state index is 11.7. The molecule has 0 unspecified atom stereocenters. The van der Waals surface area contributed by atoms with Gasteiger partial charge in [-0.15, -0.1) is 0 Å². The standard InChI is InChI=1S/C12H24O3S/c1-11(2,3)9-16(14,15)8-7-10(13)12(4,5)6/h7-9H2,1-6H3. The van der Waals surface area contributed by atoms with E-state index in [1.165, 1.54) is 0 Å². The normalized spacial score (nSPS) is 13.9. The third kappa shape index (κ3) is 6.99. The molecule has 0 radical (unpaired) electrons. The molecule has 3 nitrogen and oxygen atoms in total. The fourth-order valence-electron chi connectivity index (χ4n) is 1.36. The third-order valence-electron chi connectivity index (χ3n) is 2.13. The highest BCUT2D eigenvalue weighted by Gasteiger charge is 2.26. The summed E-state index contributed by atoms with van der Waals surface area (Å²) in [6.45, 7) is 11.1. The Labute approximate surface area is 99.5 Å². The largest absolute Gasteiger partial charge is 0.299 e. The number of rotatable bonds is 4. The van der Waals surface area contributed by atoms with Crippen molar-refractivity contribution in [2.45, 2.75) is 48.0 Å². The molecular formula is C12H24O3S. The molecule has 0 heterocycles. The predicted molar refractivity (Wildman–Crippen MR) is 67.2 cm³/mol. The highest BCUT2D eigenvalue weighted by molar-refractivity contribution is 7.91. The van der Waals surface area contributed by atoms with Gasteiger partial charge in [0.05, 0.1) is 11.5 Å². The summed E-state index contributed by atoms with van der Waals surface area (Å²) in [4.78, 5) is 11.6. The van der Waals surface area contributed by atoms with E-state index in [9.17, 15) is 13.2 Å². The molecule has 16 heavy (non-hydrogen) atoms. The number of hydrogen-bond acceptors (Lipinski definition) is 3. The van der Waals surface area contributed by atoms with E-state index in [1.807, 2.05) is 41.5 Å². The van der Waals surface area contributed by atoms with Gasteiger partial charge in [0.15, 0.2) is 9.84 Å². The number of ketones is 1. The van der Waals surface area contributed by atoms with Gasteiger partial charge in [-0.2, -0.15) is 0 Å². The summed E-state index contributed by atoms with van der Waals surface area (Å²) < 4.78 is 23.5. The Morgan fingerprint density at radius 1 is 1.00 bits per heavy atom. The summed E-state index contributed by atoms with van der Waals surface area (Å²) in [5.74, 6) is 0.114. The van der Waals surface area contributed by atoms with Gasteiger partial charge in [-0.1, -0.05) is 41.5 Å². The zero-order chi connectivity index (χ0) is 13.2. The van der Waals surface area contributed by atoms with Crippen molar-refractivity contribution in [2.75, 3.05) is 11.5 Å². The van der Waals surface area contributed by atoms with E-state index in [-0.39, 0.29) is 29.1 Å². The molecule has 0 spiro atoms. The van der Waals surface area contributed by atoms with Gasteiger partial charge in [-0.3, -0.25) is 4.79 Å². The van der Waals surface area contributed by atoms with E-state index >= 15 is 0 Å². The lowest BCUT2D eigenvalue weighted by molar-refractivity contribution is -0.125. The molecule has 0 saturated heterocycles. The highest BCUT2D eigenvalue weighted by atomic mass is 32.2. The van der Waals surface area contributed by atoms with Crippen LogP contribution in [0.4, 0.5) is 0 Å². The van der Waals surface area contributed by atoms with Crippen LogP contribution in [0.2, 0.25) is 0 Å². The van der Waals surface area contributed by atoms with Crippen molar-refractivity contribution in [3.8, 4) is 0 Å². The third-order valence-corrected chi connectivity index (χ3v) is 4.26. The maximum Gasteiger partial charge on any atom is 0.151 e. The van der Waals surface area contributed by atoms with Crippen LogP contribution < -0.4 is 0 Å². The topological polar surface area (TPSA) is 51.2 Å². The molecule has 0 saturated carbocycles. The van der Waals surface area contributed by atoms with Crippen molar-refractivity contribution >= 4 is 15.6 Å². The Morgan fingerprint density at radius 2 is 1.44 bits per heavy atom. The molecule has 4 heteroatoms. The van der Waals surface area contributed by atoms with Crippen LogP contribution in [0.25, 0.3) is 0 Å². The SMILES string of the molecule is CC(C)(C)CS(=O)(=O)CCC(=O)C(C)(C)C. The second-order valence-corrected chi connectivity index (χ2v) is 8.76. The van der Waals surface area contributed by atoms with Gasteiger partial charge in [0.1, 0.15) is 5.78 Å². The number of Topliss-reactive ketones (excluding diaryl/α,β-unsaturated/α-hetero) is 1. The number of carbonyl (C=O) groups excluding carboxylic acids is 1. The van der Waals surface area contributed by atoms with Crippen LogP contribution >= 0.6 is 0 Å². The van der Waals surface area contributed by atoms with Crippen LogP contribution in [0.1, 0.15) is 48.0 Å². The second kappa shape index (κ2) is 4.86. The first-order valence-electron chi connectivity index (χ1n) is 5.57. The smallest absolute Gasteiger partial charge is 0.151 e. The summed E-state index contributed by atoms with van der Waals surface area (Å²) in [6.07, 6.45) is 0.127. The lowest BCUT2D eigenvalue weighted by atomic mass is 9.89. The Morgan fingerprint density at radius 3 is 1.75 bits per heavy atom. The first kappa shape index (κ1) is 15.6. The van der Waals surface area contributed by atoms with E-state index in [2.05, 4.69) is 0 Å². The molecule has 0 rings (SSSR count). The van der Waals surface area contributed by atoms with Crippen LogP contribution in [0.15, 0.2) is 0 Å². The van der Waals surface area contributed by atoms with E-state index in [0.717, 1.165) is 0 Å². The van der Waals surface area contributed by atoms with Gasteiger partial charge >= 0.3 is 0 Å². The molecule has 0 N–H and O–H groups in total. The van der Waals surface area contributed by atoms with Crippen LogP contribution in [-0.2, 0) is 14.6 Å². The van der Waals surface area contributed by atoms with E-state index in [0.29, 0.717) is 0 Å². The molecular weight excluding hydrogens is 224 g/mol. The average Bonchev–Trinajstić information content (AvgIpc) is 1.93. The first-order chi connectivity index (χ1) is 6.83. The number of hydrogen-bond donors (Lipinski definition) is 0. The summed E-state index contributed by atoms with van der Waals surface area (Å²) in [7, 11) is -3.12. The lowest BCUT2D eigenvalue weighted by Gasteiger charge is -2.19. The van der Waals surface area contributed by atoms with Crippen molar-refractivity contribution in [2.24, 2.45) is 10.8 Å². The lowest BCUT2D eigenvalue weighted by Crippen LogP contribution is -2.27. The van der Waals surface area contributed by atoms with E-state index in [1.54, 1.807) is 0 Å². The quantitative estimate of drug-likeness (QED) is 0.768. The van der Waals surface area contributed by atoms with Gasteiger partial charge in [-0.05, 0) is 5.41 Å². The van der Waals surface area contributed by atoms with Crippen molar-refractivity contribution in [1.29, 1.82) is 0 Å². The number of sulfone groups is 1. The monoisotopic (exact) mass is 248 g/mol. The maximum absolute atomic E-state index is 11.7. The van der Waals surface area contributed by atoms with Gasteiger partial charge in [-0.25, -0.2) is 8.42 Å². The minimum absolute atomic E-state index is 0.00461. The number of carbonyl (C=O) groups is 1. The van der Waals surface area contributed by atoms with Gasteiger partial charge in [0.25, 0.3) is 0 Å². The molecule has 0 fully saturated rings. The Bertz CT molecular complexity index is 339. The summed E-state index contributed by atoms with van der Waals surface area (Å²) in [5, 5.41) is 0. The van der Waals surface area contributed by atoms with Crippen LogP contribution in [-0.4, -0.2) is 25.7 Å². The average molecular weight is 248 g/mol. The van der Waals surface area contributed by atoms with Gasteiger partial charge < -0.3 is 0 Å². The molecule has 0 amide bonds. The highest BCUT2D eigenvalue weighted by Crippen LogP contribution is 2.20. The molecule has 0 aliphatic rings. The van der Waals surface area contributed by atoms with Gasteiger partial charge in [0.2, 0.25) is 0 Å². The fraction of sp³-hybridized carbons (Fsp3) is 0.917. The van der Waals surface area contributed by atoms with E-state index in [4.69, 9.17) is 0 Å². The van der Waals surface area contributed by atoms with Gasteiger partial charge in [0, 0.05) is 11.8 Å². The molecule has 96 valence electrons. The Balaban J connectivity index is 4.38. The van der Waals surface area contributed by atoms with Crippen LogP contribution in [0, 0.1) is 10.8 Å². The zero-order valence-electron chi connectivity index (χ0n) is 11.3. The Hall–Kier alpha value is -0.380. The van der Waals surface area contributed by atoms with Crippen molar-refractivity contribution < 1.29 is 13.2 Å². The molecule has 0 aliphatic carbocycles. The summed E-state index contributed by atoms with van der Waals surface area (Å²) in [5.41, 5.74) is -0.694. The molecule has 0 atom stereocenters. The molecule has 0 aromatic carbocycles. The molecule has 0 bridgehead atoms. The zero-order valence-corrected chi connectivity index (χ0v) is 12.1. The predicted octanol–water partition coefficient (Wildman–Crippen LogP) is 2.45. The second-order valence-electron chi connectivity index (χ2n) is 6.58. The molecule has 0 aromatic rings. The summed E-state index contributed by atoms with van der Waals surface area (Å²) >= 11 is 0. The fourth-order valence-corrected chi connectivity index (χ4v) is 3.32. The summed E-state index contributed by atoms with van der Waals surface area (Å²) in [6, 6.07) is 0. The minimum atomic E-state index is -3.12. The first-order valence-corrected chi connectivity index (χ1v) is 7.39. The van der Waals surface area contributed by atoms with Crippen molar-refractivity contribution in [3.05, 3.63) is 0 Å². The minimum Gasteiger partial charge on any atom is -0.299 e. The molecule has 0 aromatic heterocycles. The van der Waals surface area contributed by atoms with Crippen LogP contribution in [0.3, 0.4) is 0 Å². The Kier molecular flexibility index (Phi) is 4.75. The van der Waals surface area contributed by atoms with Crippen molar-refractivity contribution in [3.63, 3.8) is 0 Å². The molecule has 0 aliphatic heterocycles. The van der Waals surface area contributed by atoms with Crippen molar-refractivity contribution in [1.82, 2.24) is 0 Å².